The van der Waals surface area contributed by atoms with E-state index in [1.807, 2.05) is 50.2 Å². The topological polar surface area (TPSA) is 89.2 Å². The highest BCUT2D eigenvalue weighted by molar-refractivity contribution is 6.01. The largest absolute Gasteiger partial charge is 0.497 e. The Bertz CT molecular complexity index is 1150. The SMILES string of the molecule is COc1ccc(-n2c(C)cc(/C=C(\C#N)C(=O)NCc3ccnc(OC)c3)c2C)cc1. The van der Waals surface area contributed by atoms with Crippen molar-refractivity contribution in [2.75, 3.05) is 14.2 Å². The van der Waals surface area contributed by atoms with Crippen molar-refractivity contribution >= 4 is 12.0 Å². The van der Waals surface area contributed by atoms with E-state index in [-0.39, 0.29) is 12.1 Å². The molecule has 0 aliphatic carbocycles. The van der Waals surface area contributed by atoms with Crippen molar-refractivity contribution in [3.05, 3.63) is 76.7 Å². The van der Waals surface area contributed by atoms with Gasteiger partial charge in [0.1, 0.15) is 17.4 Å². The molecule has 1 N–H and O–H groups in total. The van der Waals surface area contributed by atoms with Gasteiger partial charge in [-0.05, 0) is 67.4 Å². The Balaban J connectivity index is 1.81. The number of amides is 1. The van der Waals surface area contributed by atoms with Crippen LogP contribution in [0.4, 0.5) is 0 Å². The molecule has 1 amide bonds. The van der Waals surface area contributed by atoms with Crippen molar-refractivity contribution in [2.45, 2.75) is 20.4 Å². The molecular weight excluding hydrogens is 392 g/mol. The summed E-state index contributed by atoms with van der Waals surface area (Å²) < 4.78 is 12.4. The van der Waals surface area contributed by atoms with Crippen molar-refractivity contribution in [1.29, 1.82) is 5.26 Å². The van der Waals surface area contributed by atoms with Crippen LogP contribution < -0.4 is 14.8 Å². The standard InChI is InChI=1S/C24H24N4O3/c1-16-11-19(17(2)28(16)21-5-7-22(30-3)8-6-21)13-20(14-25)24(29)27-15-18-9-10-26-23(12-18)31-4/h5-13H,15H2,1-4H3,(H,27,29)/b20-13+. The first-order chi connectivity index (χ1) is 15.0. The van der Waals surface area contributed by atoms with E-state index in [1.165, 1.54) is 7.11 Å². The lowest BCUT2D eigenvalue weighted by Gasteiger charge is -2.10. The van der Waals surface area contributed by atoms with Gasteiger partial charge in [0.25, 0.3) is 5.91 Å². The van der Waals surface area contributed by atoms with Crippen LogP contribution in [0.1, 0.15) is 22.5 Å². The van der Waals surface area contributed by atoms with Crippen molar-refractivity contribution in [1.82, 2.24) is 14.9 Å². The maximum atomic E-state index is 12.6. The molecule has 0 fully saturated rings. The minimum absolute atomic E-state index is 0.0380. The molecule has 0 saturated carbocycles. The Morgan fingerprint density at radius 1 is 1.16 bits per heavy atom. The monoisotopic (exact) mass is 416 g/mol. The van der Waals surface area contributed by atoms with E-state index in [4.69, 9.17) is 9.47 Å². The van der Waals surface area contributed by atoms with Gasteiger partial charge in [-0.1, -0.05) is 0 Å². The number of ether oxygens (including phenoxy) is 2. The minimum atomic E-state index is -0.437. The Kier molecular flexibility index (Phi) is 6.73. The van der Waals surface area contributed by atoms with E-state index < -0.39 is 5.91 Å². The molecule has 0 aliphatic heterocycles. The van der Waals surface area contributed by atoms with Gasteiger partial charge < -0.3 is 19.4 Å². The summed E-state index contributed by atoms with van der Waals surface area (Å²) in [4.78, 5) is 16.6. The number of nitriles is 1. The molecule has 7 heteroatoms. The number of aromatic nitrogens is 2. The quantitative estimate of drug-likeness (QED) is 0.468. The van der Waals surface area contributed by atoms with Crippen LogP contribution in [0.15, 0.2) is 54.2 Å². The summed E-state index contributed by atoms with van der Waals surface area (Å²) in [5.74, 6) is 0.808. The number of carbonyl (C=O) groups excluding carboxylic acids is 1. The number of pyridine rings is 1. The molecule has 0 radical (unpaired) electrons. The summed E-state index contributed by atoms with van der Waals surface area (Å²) in [6.07, 6.45) is 3.22. The van der Waals surface area contributed by atoms with Crippen LogP contribution in [0.25, 0.3) is 11.8 Å². The second kappa shape index (κ2) is 9.63. The summed E-state index contributed by atoms with van der Waals surface area (Å²) in [7, 11) is 3.16. The van der Waals surface area contributed by atoms with Crippen molar-refractivity contribution in [3.8, 4) is 23.4 Å². The van der Waals surface area contributed by atoms with Crippen LogP contribution in [0, 0.1) is 25.2 Å². The second-order valence-electron chi connectivity index (χ2n) is 6.92. The van der Waals surface area contributed by atoms with Gasteiger partial charge in [-0.15, -0.1) is 0 Å². The number of nitrogens with one attached hydrogen (secondary N) is 1. The molecule has 0 aliphatic rings. The summed E-state index contributed by atoms with van der Waals surface area (Å²) >= 11 is 0. The number of hydrogen-bond donors (Lipinski definition) is 1. The highest BCUT2D eigenvalue weighted by Crippen LogP contribution is 2.24. The van der Waals surface area contributed by atoms with Crippen LogP contribution in [0.5, 0.6) is 11.6 Å². The minimum Gasteiger partial charge on any atom is -0.497 e. The maximum absolute atomic E-state index is 12.6. The molecule has 158 valence electrons. The van der Waals surface area contributed by atoms with Gasteiger partial charge in [0.2, 0.25) is 5.88 Å². The van der Waals surface area contributed by atoms with Crippen LogP contribution in [-0.4, -0.2) is 29.7 Å². The third kappa shape index (κ3) is 4.93. The number of carbonyl (C=O) groups is 1. The van der Waals surface area contributed by atoms with Crippen molar-refractivity contribution < 1.29 is 14.3 Å². The molecule has 1 aromatic carbocycles. The fourth-order valence-electron chi connectivity index (χ4n) is 3.32. The first-order valence-electron chi connectivity index (χ1n) is 9.69. The van der Waals surface area contributed by atoms with Crippen LogP contribution in [-0.2, 0) is 11.3 Å². The lowest BCUT2D eigenvalue weighted by molar-refractivity contribution is -0.117. The number of benzene rings is 1. The average molecular weight is 416 g/mol. The first kappa shape index (κ1) is 21.7. The van der Waals surface area contributed by atoms with E-state index in [2.05, 4.69) is 14.9 Å². The predicted molar refractivity (Wildman–Crippen MR) is 118 cm³/mol. The lowest BCUT2D eigenvalue weighted by atomic mass is 10.1. The van der Waals surface area contributed by atoms with Crippen molar-refractivity contribution in [3.63, 3.8) is 0 Å². The fourth-order valence-corrected chi connectivity index (χ4v) is 3.32. The number of rotatable bonds is 7. The third-order valence-electron chi connectivity index (χ3n) is 4.93. The smallest absolute Gasteiger partial charge is 0.262 e. The molecule has 31 heavy (non-hydrogen) atoms. The third-order valence-corrected chi connectivity index (χ3v) is 4.93. The molecule has 2 heterocycles. The molecule has 0 saturated heterocycles. The van der Waals surface area contributed by atoms with Gasteiger partial charge in [0, 0.05) is 35.9 Å². The van der Waals surface area contributed by atoms with Gasteiger partial charge in [0.15, 0.2) is 0 Å². The zero-order valence-electron chi connectivity index (χ0n) is 18.0. The van der Waals surface area contributed by atoms with Crippen LogP contribution in [0.3, 0.4) is 0 Å². The Hall–Kier alpha value is -4.05. The van der Waals surface area contributed by atoms with E-state index >= 15 is 0 Å². The number of nitrogens with zero attached hydrogens (tertiary/aromatic N) is 3. The zero-order valence-corrected chi connectivity index (χ0v) is 18.0. The number of hydrogen-bond acceptors (Lipinski definition) is 5. The van der Waals surface area contributed by atoms with Gasteiger partial charge in [-0.3, -0.25) is 4.79 Å². The normalized spacial score (nSPS) is 11.0. The molecule has 3 aromatic rings. The summed E-state index contributed by atoms with van der Waals surface area (Å²) in [5, 5.41) is 12.3. The van der Waals surface area contributed by atoms with Crippen LogP contribution in [0.2, 0.25) is 0 Å². The molecular formula is C24H24N4O3. The highest BCUT2D eigenvalue weighted by atomic mass is 16.5. The molecule has 0 unspecified atom stereocenters. The van der Waals surface area contributed by atoms with Gasteiger partial charge in [0.05, 0.1) is 14.2 Å². The van der Waals surface area contributed by atoms with E-state index in [1.54, 1.807) is 31.5 Å². The van der Waals surface area contributed by atoms with Gasteiger partial charge in [-0.25, -0.2) is 4.98 Å². The number of aryl methyl sites for hydroxylation is 1. The average Bonchev–Trinajstić information content (AvgIpc) is 3.08. The fraction of sp³-hybridized carbons (Fsp3) is 0.208. The molecule has 2 aromatic heterocycles. The Morgan fingerprint density at radius 2 is 1.90 bits per heavy atom. The summed E-state index contributed by atoms with van der Waals surface area (Å²) in [5.41, 5.74) is 4.58. The molecule has 0 spiro atoms. The summed E-state index contributed by atoms with van der Waals surface area (Å²) in [6, 6.07) is 15.2. The van der Waals surface area contributed by atoms with Crippen LogP contribution >= 0.6 is 0 Å². The molecule has 0 bridgehead atoms. The molecule has 3 rings (SSSR count). The number of methoxy groups -OCH3 is 2. The Morgan fingerprint density at radius 3 is 2.55 bits per heavy atom. The first-order valence-corrected chi connectivity index (χ1v) is 9.69. The molecule has 0 atom stereocenters. The Labute approximate surface area is 181 Å². The summed E-state index contributed by atoms with van der Waals surface area (Å²) in [6.45, 7) is 4.21. The van der Waals surface area contributed by atoms with E-state index in [0.717, 1.165) is 34.0 Å². The second-order valence-corrected chi connectivity index (χ2v) is 6.92. The van der Waals surface area contributed by atoms with E-state index in [9.17, 15) is 10.1 Å². The maximum Gasteiger partial charge on any atom is 0.262 e. The zero-order chi connectivity index (χ0) is 22.4. The van der Waals surface area contributed by atoms with Gasteiger partial charge >= 0.3 is 0 Å². The molecule has 7 nitrogen and oxygen atoms in total. The van der Waals surface area contributed by atoms with Crippen molar-refractivity contribution in [2.24, 2.45) is 0 Å². The lowest BCUT2D eigenvalue weighted by Crippen LogP contribution is -2.24. The highest BCUT2D eigenvalue weighted by Gasteiger charge is 2.14. The predicted octanol–water partition coefficient (Wildman–Crippen LogP) is 3.73. The van der Waals surface area contributed by atoms with E-state index in [0.29, 0.717) is 5.88 Å². The van der Waals surface area contributed by atoms with Gasteiger partial charge in [-0.2, -0.15) is 5.26 Å².